The van der Waals surface area contributed by atoms with E-state index in [4.69, 9.17) is 0 Å². The molecule has 1 rings (SSSR count). The van der Waals surface area contributed by atoms with Gasteiger partial charge in [-0.2, -0.15) is 0 Å². The van der Waals surface area contributed by atoms with E-state index >= 15 is 0 Å². The molecule has 0 spiro atoms. The third-order valence-electron chi connectivity index (χ3n) is 0.748. The molecule has 0 bridgehead atoms. The van der Waals surface area contributed by atoms with Crippen molar-refractivity contribution in [3.63, 3.8) is 0 Å². The molecule has 0 unspecified atom stereocenters. The average Bonchev–Trinajstić information content (AvgIpc) is 1.86. The Morgan fingerprint density at radius 3 is 1.83 bits per heavy atom. The third-order valence-corrected chi connectivity index (χ3v) is 2.13. The standard InChI is InChI=1S/C5H5.Hf/c1-2-4-5-3-1;/h1-5H;. The number of allylic oxidation sites excluding steroid dienone is 4. The summed E-state index contributed by atoms with van der Waals surface area (Å²) in [6.45, 7) is 0. The van der Waals surface area contributed by atoms with Crippen LogP contribution in [0, 0.1) is 0 Å². The predicted octanol–water partition coefficient (Wildman–Crippen LogP) is 1.45. The second-order valence-corrected chi connectivity index (χ2v) is 3.69. The van der Waals surface area contributed by atoms with Crippen LogP contribution in [-0.4, -0.2) is 0 Å². The second-order valence-electron chi connectivity index (χ2n) is 1.30. The Bertz CT molecular complexity index is 80.1. The summed E-state index contributed by atoms with van der Waals surface area (Å²) in [7, 11) is 0. The molecule has 0 fully saturated rings. The molecular formula is C5H5Hf. The predicted molar refractivity (Wildman–Crippen MR) is 22.0 cm³/mol. The van der Waals surface area contributed by atoms with Crippen molar-refractivity contribution in [3.8, 4) is 0 Å². The molecule has 0 saturated heterocycles. The van der Waals surface area contributed by atoms with Gasteiger partial charge in [0.05, 0.1) is 0 Å². The molecule has 0 N–H and O–H groups in total. The van der Waals surface area contributed by atoms with Gasteiger partial charge in [0.25, 0.3) is 0 Å². The average molecular weight is 244 g/mol. The van der Waals surface area contributed by atoms with E-state index in [9.17, 15) is 0 Å². The van der Waals surface area contributed by atoms with Gasteiger partial charge in [-0.05, 0) is 0 Å². The summed E-state index contributed by atoms with van der Waals surface area (Å²) in [6.07, 6.45) is 8.67. The van der Waals surface area contributed by atoms with Gasteiger partial charge in [-0.15, -0.1) is 0 Å². The molecule has 0 radical (unpaired) electrons. The summed E-state index contributed by atoms with van der Waals surface area (Å²) in [4.78, 5) is 0. The molecule has 1 heteroatoms. The van der Waals surface area contributed by atoms with Gasteiger partial charge in [0.2, 0.25) is 0 Å². The van der Waals surface area contributed by atoms with E-state index in [-0.39, 0.29) is 0 Å². The van der Waals surface area contributed by atoms with Crippen molar-refractivity contribution in [1.82, 2.24) is 0 Å². The molecular weight excluding hydrogens is 239 g/mol. The minimum atomic E-state index is 0.824. The first-order valence-electron chi connectivity index (χ1n) is 1.96. The van der Waals surface area contributed by atoms with Crippen LogP contribution in [0.4, 0.5) is 0 Å². The van der Waals surface area contributed by atoms with Gasteiger partial charge in [-0.1, -0.05) is 0 Å². The molecule has 0 aromatic heterocycles. The molecule has 0 aromatic rings. The van der Waals surface area contributed by atoms with Crippen LogP contribution >= 0.6 is 0 Å². The minimum absolute atomic E-state index is 0.824. The van der Waals surface area contributed by atoms with Gasteiger partial charge in [0.15, 0.2) is 0 Å². The van der Waals surface area contributed by atoms with Crippen molar-refractivity contribution in [3.05, 3.63) is 24.3 Å². The molecule has 0 atom stereocenters. The van der Waals surface area contributed by atoms with Crippen molar-refractivity contribution in [2.24, 2.45) is 0 Å². The molecule has 6 heavy (non-hydrogen) atoms. The Morgan fingerprint density at radius 2 is 1.67 bits per heavy atom. The second kappa shape index (κ2) is 1.87. The quantitative estimate of drug-likeness (QED) is 0.565. The van der Waals surface area contributed by atoms with Gasteiger partial charge >= 0.3 is 52.4 Å². The molecule has 0 amide bonds. The van der Waals surface area contributed by atoms with E-state index in [0.717, 1.165) is 3.67 Å². The first kappa shape index (κ1) is 4.51. The molecule has 0 aliphatic heterocycles. The zero-order chi connectivity index (χ0) is 4.41. The van der Waals surface area contributed by atoms with Gasteiger partial charge < -0.3 is 0 Å². The molecule has 0 heterocycles. The Labute approximate surface area is 52.5 Å². The van der Waals surface area contributed by atoms with Gasteiger partial charge in [-0.3, -0.25) is 0 Å². The van der Waals surface area contributed by atoms with Crippen LogP contribution in [0.5, 0.6) is 0 Å². The normalized spacial score (nSPS) is 19.8. The van der Waals surface area contributed by atoms with Gasteiger partial charge in [0, 0.05) is 0 Å². The Balaban J connectivity index is 2.60. The Kier molecular flexibility index (Phi) is 1.41. The van der Waals surface area contributed by atoms with Crippen LogP contribution in [0.1, 0.15) is 0 Å². The molecule has 0 aromatic carbocycles. The zero-order valence-electron chi connectivity index (χ0n) is 3.39. The maximum atomic E-state index is 2.23. The molecule has 29 valence electrons. The van der Waals surface area contributed by atoms with Crippen LogP contribution in [0.15, 0.2) is 24.3 Å². The van der Waals surface area contributed by atoms with E-state index in [1.165, 1.54) is 24.4 Å². The fraction of sp³-hybridized carbons (Fsp3) is 0.200. The summed E-state index contributed by atoms with van der Waals surface area (Å²) in [5.41, 5.74) is 0. The van der Waals surface area contributed by atoms with E-state index in [1.807, 2.05) is 0 Å². The van der Waals surface area contributed by atoms with Crippen LogP contribution in [0.3, 0.4) is 0 Å². The first-order chi connectivity index (χ1) is 2.89. The molecule has 0 saturated carbocycles. The summed E-state index contributed by atoms with van der Waals surface area (Å²) in [5.74, 6) is 0. The SMILES string of the molecule is [Hf][CH]1C=CC=C1. The molecule has 1 aliphatic rings. The Morgan fingerprint density at radius 1 is 1.17 bits per heavy atom. The van der Waals surface area contributed by atoms with Crippen LogP contribution < -0.4 is 0 Å². The zero-order valence-corrected chi connectivity index (χ0v) is 6.98. The van der Waals surface area contributed by atoms with E-state index < -0.39 is 0 Å². The fourth-order valence-corrected chi connectivity index (χ4v) is 1.23. The third kappa shape index (κ3) is 0.904. The van der Waals surface area contributed by atoms with E-state index in [1.54, 1.807) is 0 Å². The summed E-state index contributed by atoms with van der Waals surface area (Å²) in [6, 6.07) is 0. The summed E-state index contributed by atoms with van der Waals surface area (Å²) in [5, 5.41) is 0. The number of rotatable bonds is 0. The van der Waals surface area contributed by atoms with Crippen LogP contribution in [0.2, 0.25) is 3.67 Å². The van der Waals surface area contributed by atoms with E-state index in [0.29, 0.717) is 0 Å². The topological polar surface area (TPSA) is 0 Å². The first-order valence-corrected chi connectivity index (χ1v) is 4.03. The van der Waals surface area contributed by atoms with Crippen molar-refractivity contribution in [1.29, 1.82) is 0 Å². The van der Waals surface area contributed by atoms with E-state index in [2.05, 4.69) is 24.3 Å². The number of hydrogen-bond donors (Lipinski definition) is 0. The molecule has 0 nitrogen and oxygen atoms in total. The van der Waals surface area contributed by atoms with Gasteiger partial charge in [0.1, 0.15) is 0 Å². The number of hydrogen-bond acceptors (Lipinski definition) is 0. The van der Waals surface area contributed by atoms with Crippen molar-refractivity contribution >= 4 is 0 Å². The maximum absolute atomic E-state index is 2.23. The summed E-state index contributed by atoms with van der Waals surface area (Å²) < 4.78 is 0.824. The van der Waals surface area contributed by atoms with Crippen LogP contribution in [-0.2, 0) is 24.4 Å². The Hall–Kier alpha value is 0.350. The van der Waals surface area contributed by atoms with Crippen molar-refractivity contribution in [2.75, 3.05) is 0 Å². The van der Waals surface area contributed by atoms with Gasteiger partial charge in [-0.25, -0.2) is 0 Å². The van der Waals surface area contributed by atoms with Crippen LogP contribution in [0.25, 0.3) is 0 Å². The monoisotopic (exact) mass is 245 g/mol. The van der Waals surface area contributed by atoms with Crippen molar-refractivity contribution in [2.45, 2.75) is 3.67 Å². The summed E-state index contributed by atoms with van der Waals surface area (Å²) >= 11 is 1.28. The van der Waals surface area contributed by atoms with Crippen molar-refractivity contribution < 1.29 is 24.4 Å². The molecule has 1 aliphatic carbocycles. The fourth-order valence-electron chi connectivity index (χ4n) is 0.432.